The lowest BCUT2D eigenvalue weighted by atomic mass is 10.2. The highest BCUT2D eigenvalue weighted by molar-refractivity contribution is 5.59. The van der Waals surface area contributed by atoms with E-state index in [0.717, 1.165) is 36.2 Å². The van der Waals surface area contributed by atoms with Gasteiger partial charge in [0.2, 0.25) is 5.82 Å². The number of anilines is 1. The van der Waals surface area contributed by atoms with E-state index in [9.17, 15) is 0 Å². The van der Waals surface area contributed by atoms with E-state index in [0.29, 0.717) is 5.75 Å². The molecule has 1 aromatic carbocycles. The molecule has 2 N–H and O–H groups in total. The number of ether oxygens (including phenoxy) is 2. The lowest BCUT2D eigenvalue weighted by Gasteiger charge is -2.08. The Morgan fingerprint density at radius 3 is 2.83 bits per heavy atom. The van der Waals surface area contributed by atoms with Crippen molar-refractivity contribution in [1.82, 2.24) is 10.2 Å². The summed E-state index contributed by atoms with van der Waals surface area (Å²) in [6, 6.07) is 5.82. The summed E-state index contributed by atoms with van der Waals surface area (Å²) < 4.78 is 12.7. The van der Waals surface area contributed by atoms with Crippen LogP contribution in [0.1, 0.15) is 0 Å². The number of hydrogen-bond acceptors (Lipinski definition) is 4. The summed E-state index contributed by atoms with van der Waals surface area (Å²) in [4.78, 5) is 0. The maximum atomic E-state index is 5.31. The van der Waals surface area contributed by atoms with Crippen molar-refractivity contribution in [3.8, 4) is 22.9 Å². The van der Waals surface area contributed by atoms with E-state index in [-0.39, 0.29) is 0 Å². The predicted octanol–water partition coefficient (Wildman–Crippen LogP) is 0.807. The van der Waals surface area contributed by atoms with Crippen LogP contribution in [0.25, 0.3) is 11.4 Å². The monoisotopic (exact) mass is 247 g/mol. The van der Waals surface area contributed by atoms with Gasteiger partial charge in [0, 0.05) is 10.7 Å². The smallest absolute Gasteiger partial charge is 0.378 e. The van der Waals surface area contributed by atoms with Gasteiger partial charge in [0.25, 0.3) is 0 Å². The normalized spacial score (nSPS) is 13.0. The van der Waals surface area contributed by atoms with E-state index in [1.807, 2.05) is 18.2 Å². The zero-order valence-electron chi connectivity index (χ0n) is 10.4. The summed E-state index contributed by atoms with van der Waals surface area (Å²) in [5.41, 5.74) is 1.02. The summed E-state index contributed by atoms with van der Waals surface area (Å²) in [6.07, 6.45) is 0. The minimum Gasteiger partial charge on any atom is -0.493 e. The maximum Gasteiger partial charge on any atom is 0.378 e. The van der Waals surface area contributed by atoms with Crippen LogP contribution < -0.4 is 19.4 Å². The summed E-state index contributed by atoms with van der Waals surface area (Å²) in [5.74, 6) is 3.28. The van der Waals surface area contributed by atoms with Crippen LogP contribution in [0.3, 0.4) is 0 Å². The molecular weight excluding hydrogens is 232 g/mol. The van der Waals surface area contributed by atoms with Crippen LogP contribution in [0.2, 0.25) is 0 Å². The molecule has 1 aliphatic heterocycles. The second kappa shape index (κ2) is 4.21. The first kappa shape index (κ1) is 10.9. The number of nitrogens with one attached hydrogen (secondary N) is 2. The van der Waals surface area contributed by atoms with E-state index in [4.69, 9.17) is 9.47 Å². The molecule has 0 atom stereocenters. The second-order valence-electron chi connectivity index (χ2n) is 4.04. The molecule has 0 fully saturated rings. The molecule has 3 rings (SSSR count). The van der Waals surface area contributed by atoms with Gasteiger partial charge in [-0.3, -0.25) is 5.32 Å². The first-order valence-corrected chi connectivity index (χ1v) is 5.78. The number of H-pyrrole nitrogens is 1. The van der Waals surface area contributed by atoms with Crippen molar-refractivity contribution < 1.29 is 14.0 Å². The van der Waals surface area contributed by atoms with Gasteiger partial charge in [-0.25, -0.2) is 4.57 Å². The fourth-order valence-corrected chi connectivity index (χ4v) is 2.17. The molecule has 94 valence electrons. The lowest BCUT2D eigenvalue weighted by molar-refractivity contribution is -0.659. The molecule has 0 aliphatic carbocycles. The van der Waals surface area contributed by atoms with Gasteiger partial charge in [0.1, 0.15) is 0 Å². The molecule has 6 nitrogen and oxygen atoms in total. The molecule has 0 saturated carbocycles. The molecule has 6 heteroatoms. The van der Waals surface area contributed by atoms with Gasteiger partial charge in [-0.2, -0.15) is 5.10 Å². The molecule has 1 aliphatic rings. The first-order chi connectivity index (χ1) is 8.83. The molecule has 1 aromatic heterocycles. The summed E-state index contributed by atoms with van der Waals surface area (Å²) in [6.45, 7) is 1.83. The van der Waals surface area contributed by atoms with Gasteiger partial charge in [-0.15, -0.1) is 0 Å². The fourth-order valence-electron chi connectivity index (χ4n) is 2.17. The summed E-state index contributed by atoms with van der Waals surface area (Å²) in [7, 11) is 3.26. The topological polar surface area (TPSA) is 63.0 Å². The van der Waals surface area contributed by atoms with Crippen LogP contribution in [0, 0.1) is 0 Å². The number of benzene rings is 1. The van der Waals surface area contributed by atoms with E-state index in [2.05, 4.69) is 20.1 Å². The molecule has 2 heterocycles. The molecule has 0 bridgehead atoms. The van der Waals surface area contributed by atoms with Crippen LogP contribution in [0.4, 0.5) is 5.95 Å². The summed E-state index contributed by atoms with van der Waals surface area (Å²) in [5, 5.41) is 10.5. The van der Waals surface area contributed by atoms with Crippen molar-refractivity contribution in [3.63, 3.8) is 0 Å². The van der Waals surface area contributed by atoms with Crippen molar-refractivity contribution in [3.05, 3.63) is 18.2 Å². The third-order valence-electron chi connectivity index (χ3n) is 3.07. The molecule has 0 amide bonds. The van der Waals surface area contributed by atoms with Crippen LogP contribution in [0.5, 0.6) is 11.5 Å². The standard InChI is InChI=1S/C12H14N4O2/c1-17-9-4-3-8(7-10(9)18-2)11-14-15-12-13-5-6-16(11)12/h3-4,7H,5-6H2,1-2H3,(H,13,15)/p+1. The maximum absolute atomic E-state index is 5.31. The van der Waals surface area contributed by atoms with E-state index >= 15 is 0 Å². The molecule has 0 spiro atoms. The minimum absolute atomic E-state index is 0.713. The van der Waals surface area contributed by atoms with Gasteiger partial charge in [-0.1, -0.05) is 0 Å². The van der Waals surface area contributed by atoms with E-state index in [1.165, 1.54) is 0 Å². The van der Waals surface area contributed by atoms with Gasteiger partial charge in [0.15, 0.2) is 11.5 Å². The van der Waals surface area contributed by atoms with Crippen molar-refractivity contribution in [2.45, 2.75) is 6.54 Å². The molecule has 0 unspecified atom stereocenters. The average molecular weight is 247 g/mol. The fraction of sp³-hybridized carbons (Fsp3) is 0.333. The van der Waals surface area contributed by atoms with Crippen LogP contribution >= 0.6 is 0 Å². The SMILES string of the molecule is COc1ccc(-c2[nH]nc3[n+]2CCN3)cc1OC. The predicted molar refractivity (Wildman–Crippen MR) is 65.8 cm³/mol. The Morgan fingerprint density at radius 1 is 1.22 bits per heavy atom. The van der Waals surface area contributed by atoms with Gasteiger partial charge >= 0.3 is 5.95 Å². The van der Waals surface area contributed by atoms with Crippen LogP contribution in [-0.2, 0) is 6.54 Å². The first-order valence-electron chi connectivity index (χ1n) is 5.78. The Labute approximate surface area is 105 Å². The third kappa shape index (κ3) is 1.57. The van der Waals surface area contributed by atoms with E-state index in [1.54, 1.807) is 14.2 Å². The Morgan fingerprint density at radius 2 is 2.06 bits per heavy atom. The number of nitrogens with zero attached hydrogens (tertiary/aromatic N) is 2. The zero-order valence-corrected chi connectivity index (χ0v) is 10.4. The van der Waals surface area contributed by atoms with Crippen molar-refractivity contribution in [2.24, 2.45) is 0 Å². The van der Waals surface area contributed by atoms with Crippen molar-refractivity contribution in [1.29, 1.82) is 0 Å². The second-order valence-corrected chi connectivity index (χ2v) is 4.04. The number of aromatic nitrogens is 3. The van der Waals surface area contributed by atoms with Crippen LogP contribution in [0.15, 0.2) is 18.2 Å². The Balaban J connectivity index is 2.06. The molecule has 0 saturated heterocycles. The van der Waals surface area contributed by atoms with Crippen molar-refractivity contribution in [2.75, 3.05) is 26.1 Å². The molecule has 18 heavy (non-hydrogen) atoms. The largest absolute Gasteiger partial charge is 0.493 e. The lowest BCUT2D eigenvalue weighted by Crippen LogP contribution is -2.31. The molecule has 2 aromatic rings. The van der Waals surface area contributed by atoms with Crippen molar-refractivity contribution >= 4 is 5.95 Å². The number of hydrogen-bond donors (Lipinski definition) is 2. The highest BCUT2D eigenvalue weighted by Crippen LogP contribution is 2.30. The van der Waals surface area contributed by atoms with Gasteiger partial charge < -0.3 is 9.47 Å². The molecule has 0 radical (unpaired) electrons. The number of fused-ring (bicyclic) bond motifs is 1. The number of aromatic amines is 1. The highest BCUT2D eigenvalue weighted by atomic mass is 16.5. The number of methoxy groups -OCH3 is 2. The quantitative estimate of drug-likeness (QED) is 0.788. The third-order valence-corrected chi connectivity index (χ3v) is 3.07. The minimum atomic E-state index is 0.713. The number of rotatable bonds is 3. The molecular formula is C12H15N4O2+. The Bertz CT molecular complexity index is 579. The highest BCUT2D eigenvalue weighted by Gasteiger charge is 2.25. The summed E-state index contributed by atoms with van der Waals surface area (Å²) >= 11 is 0. The Kier molecular flexibility index (Phi) is 2.55. The van der Waals surface area contributed by atoms with Gasteiger partial charge in [0.05, 0.1) is 27.3 Å². The average Bonchev–Trinajstić information content (AvgIpc) is 3.00. The van der Waals surface area contributed by atoms with E-state index < -0.39 is 0 Å². The van der Waals surface area contributed by atoms with Gasteiger partial charge in [-0.05, 0) is 18.2 Å². The zero-order chi connectivity index (χ0) is 12.5. The van der Waals surface area contributed by atoms with Crippen LogP contribution in [-0.4, -0.2) is 31.0 Å². The Hall–Kier alpha value is -2.24.